The third-order valence-corrected chi connectivity index (χ3v) is 4.13. The fraction of sp³-hybridized carbons (Fsp3) is 0.625. The second-order valence-electron chi connectivity index (χ2n) is 6.07. The third kappa shape index (κ3) is 3.56. The van der Waals surface area contributed by atoms with Crippen LogP contribution in [0, 0.1) is 0 Å². The largest absolute Gasteiger partial charge is 0.434 e. The van der Waals surface area contributed by atoms with Crippen molar-refractivity contribution in [3.63, 3.8) is 0 Å². The Labute approximate surface area is 129 Å². The molecule has 2 aliphatic heterocycles. The summed E-state index contributed by atoms with van der Waals surface area (Å²) in [6.45, 7) is 2.63. The molecule has 0 bridgehead atoms. The van der Waals surface area contributed by atoms with Crippen LogP contribution < -0.4 is 4.74 Å². The standard InChI is InChI=1S/C16H21F2NO3/c1-12-8-19(10-16(22-12)6-7-20-11-16)9-13-4-2-3-5-14(13)21-15(17)18/h2-5,12,15H,6-11H2,1H3/t12-,16-/m0/s1. The van der Waals surface area contributed by atoms with Gasteiger partial charge in [0, 0.05) is 38.2 Å². The van der Waals surface area contributed by atoms with Gasteiger partial charge in [-0.15, -0.1) is 0 Å². The molecule has 2 fully saturated rings. The van der Waals surface area contributed by atoms with Crippen molar-refractivity contribution in [1.29, 1.82) is 0 Å². The Hall–Kier alpha value is -1.24. The van der Waals surface area contributed by atoms with E-state index in [0.29, 0.717) is 19.8 Å². The molecule has 0 radical (unpaired) electrons. The highest BCUT2D eigenvalue weighted by atomic mass is 19.3. The fourth-order valence-corrected chi connectivity index (χ4v) is 3.35. The van der Waals surface area contributed by atoms with E-state index in [2.05, 4.69) is 9.64 Å². The van der Waals surface area contributed by atoms with Crippen molar-refractivity contribution in [3.05, 3.63) is 29.8 Å². The van der Waals surface area contributed by atoms with Crippen LogP contribution in [0.25, 0.3) is 0 Å². The average molecular weight is 313 g/mol. The quantitative estimate of drug-likeness (QED) is 0.855. The maximum absolute atomic E-state index is 12.5. The number of benzene rings is 1. The second kappa shape index (κ2) is 6.48. The summed E-state index contributed by atoms with van der Waals surface area (Å²) in [6, 6.07) is 6.96. The van der Waals surface area contributed by atoms with E-state index in [-0.39, 0.29) is 17.5 Å². The first-order valence-electron chi connectivity index (χ1n) is 7.57. The number of alkyl halides is 2. The molecule has 2 atom stereocenters. The molecule has 0 unspecified atom stereocenters. The van der Waals surface area contributed by atoms with Gasteiger partial charge in [-0.3, -0.25) is 4.90 Å². The Bertz CT molecular complexity index is 506. The molecule has 1 aromatic rings. The summed E-state index contributed by atoms with van der Waals surface area (Å²) in [5.74, 6) is 0.244. The van der Waals surface area contributed by atoms with Gasteiger partial charge in [-0.2, -0.15) is 8.78 Å². The van der Waals surface area contributed by atoms with E-state index in [1.165, 1.54) is 0 Å². The Morgan fingerprint density at radius 2 is 2.23 bits per heavy atom. The van der Waals surface area contributed by atoms with E-state index in [1.54, 1.807) is 12.1 Å². The van der Waals surface area contributed by atoms with Crippen LogP contribution in [0.4, 0.5) is 8.78 Å². The zero-order valence-electron chi connectivity index (χ0n) is 12.6. The monoisotopic (exact) mass is 313 g/mol. The van der Waals surface area contributed by atoms with Gasteiger partial charge in [-0.05, 0) is 13.0 Å². The molecule has 0 amide bonds. The zero-order chi connectivity index (χ0) is 15.6. The zero-order valence-corrected chi connectivity index (χ0v) is 12.6. The molecule has 4 nitrogen and oxygen atoms in total. The molecule has 3 rings (SSSR count). The lowest BCUT2D eigenvalue weighted by molar-refractivity contribution is -0.149. The molecule has 1 aromatic carbocycles. The number of nitrogens with zero attached hydrogens (tertiary/aromatic N) is 1. The number of hydrogen-bond donors (Lipinski definition) is 0. The molecular weight excluding hydrogens is 292 g/mol. The fourth-order valence-electron chi connectivity index (χ4n) is 3.35. The van der Waals surface area contributed by atoms with Gasteiger partial charge in [0.05, 0.1) is 12.7 Å². The lowest BCUT2D eigenvalue weighted by Gasteiger charge is -2.43. The van der Waals surface area contributed by atoms with Crippen molar-refractivity contribution in [2.24, 2.45) is 0 Å². The number of morpholine rings is 1. The van der Waals surface area contributed by atoms with E-state index in [1.807, 2.05) is 19.1 Å². The van der Waals surface area contributed by atoms with E-state index in [4.69, 9.17) is 9.47 Å². The lowest BCUT2D eigenvalue weighted by Crippen LogP contribution is -2.55. The summed E-state index contributed by atoms with van der Waals surface area (Å²) in [7, 11) is 0. The molecular formula is C16H21F2NO3. The maximum atomic E-state index is 12.5. The first kappa shape index (κ1) is 15.6. The first-order valence-corrected chi connectivity index (χ1v) is 7.57. The highest BCUT2D eigenvalue weighted by Crippen LogP contribution is 2.31. The van der Waals surface area contributed by atoms with Gasteiger partial charge in [-0.25, -0.2) is 0 Å². The van der Waals surface area contributed by atoms with Crippen LogP contribution in [-0.4, -0.2) is 49.5 Å². The molecule has 0 aliphatic carbocycles. The summed E-state index contributed by atoms with van der Waals surface area (Å²) in [5, 5.41) is 0. The summed E-state index contributed by atoms with van der Waals surface area (Å²) in [4.78, 5) is 2.23. The number of para-hydroxylation sites is 1. The van der Waals surface area contributed by atoms with E-state index in [0.717, 1.165) is 25.1 Å². The number of halogens is 2. The summed E-state index contributed by atoms with van der Waals surface area (Å²) < 4.78 is 41.2. The normalized spacial score (nSPS) is 29.4. The van der Waals surface area contributed by atoms with Crippen molar-refractivity contribution >= 4 is 0 Å². The van der Waals surface area contributed by atoms with E-state index in [9.17, 15) is 8.78 Å². The van der Waals surface area contributed by atoms with Gasteiger partial charge in [0.1, 0.15) is 11.4 Å². The molecule has 0 aromatic heterocycles. The molecule has 122 valence electrons. The number of rotatable bonds is 4. The van der Waals surface area contributed by atoms with Gasteiger partial charge in [0.15, 0.2) is 0 Å². The van der Waals surface area contributed by atoms with E-state index >= 15 is 0 Å². The third-order valence-electron chi connectivity index (χ3n) is 4.13. The van der Waals surface area contributed by atoms with Crippen molar-refractivity contribution in [3.8, 4) is 5.75 Å². The van der Waals surface area contributed by atoms with Crippen LogP contribution in [-0.2, 0) is 16.0 Å². The SMILES string of the molecule is C[C@H]1CN(Cc2ccccc2OC(F)F)C[C@]2(CCOC2)O1. The van der Waals surface area contributed by atoms with Crippen molar-refractivity contribution < 1.29 is 23.0 Å². The molecule has 2 aliphatic rings. The van der Waals surface area contributed by atoms with Crippen LogP contribution in [0.2, 0.25) is 0 Å². The van der Waals surface area contributed by atoms with Gasteiger partial charge < -0.3 is 14.2 Å². The van der Waals surface area contributed by atoms with Crippen LogP contribution in [0.15, 0.2) is 24.3 Å². The van der Waals surface area contributed by atoms with Crippen LogP contribution >= 0.6 is 0 Å². The Balaban J connectivity index is 1.72. The van der Waals surface area contributed by atoms with Gasteiger partial charge in [0.2, 0.25) is 0 Å². The topological polar surface area (TPSA) is 30.9 Å². The predicted molar refractivity (Wildman–Crippen MR) is 77.1 cm³/mol. The minimum atomic E-state index is -2.81. The lowest BCUT2D eigenvalue weighted by atomic mass is 9.99. The predicted octanol–water partition coefficient (Wildman–Crippen LogP) is 2.67. The summed E-state index contributed by atoms with van der Waals surface area (Å²) in [6.07, 6.45) is 0.974. The second-order valence-corrected chi connectivity index (χ2v) is 6.07. The highest BCUT2D eigenvalue weighted by molar-refractivity contribution is 5.33. The van der Waals surface area contributed by atoms with Crippen LogP contribution in [0.3, 0.4) is 0 Å². The van der Waals surface area contributed by atoms with Crippen LogP contribution in [0.5, 0.6) is 5.75 Å². The summed E-state index contributed by atoms with van der Waals surface area (Å²) in [5.41, 5.74) is 0.516. The Morgan fingerprint density at radius 1 is 1.41 bits per heavy atom. The van der Waals surface area contributed by atoms with Crippen molar-refractivity contribution in [1.82, 2.24) is 4.90 Å². The molecule has 2 saturated heterocycles. The smallest absolute Gasteiger partial charge is 0.387 e. The average Bonchev–Trinajstić information content (AvgIpc) is 2.87. The van der Waals surface area contributed by atoms with Crippen molar-refractivity contribution in [2.45, 2.75) is 38.2 Å². The minimum Gasteiger partial charge on any atom is -0.434 e. The Morgan fingerprint density at radius 3 is 2.95 bits per heavy atom. The molecule has 0 saturated carbocycles. The molecule has 6 heteroatoms. The maximum Gasteiger partial charge on any atom is 0.387 e. The molecule has 0 N–H and O–H groups in total. The highest BCUT2D eigenvalue weighted by Gasteiger charge is 2.42. The number of ether oxygens (including phenoxy) is 3. The minimum absolute atomic E-state index is 0.0960. The molecule has 22 heavy (non-hydrogen) atoms. The number of hydrogen-bond acceptors (Lipinski definition) is 4. The van der Waals surface area contributed by atoms with Gasteiger partial charge in [-0.1, -0.05) is 18.2 Å². The summed E-state index contributed by atoms with van der Waals surface area (Å²) >= 11 is 0. The van der Waals surface area contributed by atoms with Crippen LogP contribution in [0.1, 0.15) is 18.9 Å². The first-order chi connectivity index (χ1) is 10.6. The van der Waals surface area contributed by atoms with Gasteiger partial charge >= 0.3 is 6.61 Å². The van der Waals surface area contributed by atoms with E-state index < -0.39 is 6.61 Å². The van der Waals surface area contributed by atoms with Gasteiger partial charge in [0.25, 0.3) is 0 Å². The molecule has 2 heterocycles. The molecule has 1 spiro atoms. The van der Waals surface area contributed by atoms with Crippen molar-refractivity contribution in [2.75, 3.05) is 26.3 Å². The Kier molecular flexibility index (Phi) is 4.61.